The van der Waals surface area contributed by atoms with E-state index < -0.39 is 0 Å². The predicted octanol–water partition coefficient (Wildman–Crippen LogP) is 3.03. The van der Waals surface area contributed by atoms with Gasteiger partial charge in [-0.15, -0.1) is 0 Å². The molecule has 1 aromatic carbocycles. The van der Waals surface area contributed by atoms with Crippen LogP contribution in [-0.4, -0.2) is 23.0 Å². The number of para-hydroxylation sites is 1. The van der Waals surface area contributed by atoms with E-state index in [0.29, 0.717) is 24.5 Å². The van der Waals surface area contributed by atoms with Crippen LogP contribution in [0.3, 0.4) is 0 Å². The van der Waals surface area contributed by atoms with Crippen LogP contribution in [0.1, 0.15) is 21.5 Å². The summed E-state index contributed by atoms with van der Waals surface area (Å²) in [5.41, 5.74) is 2.49. The Bertz CT molecular complexity index is 851. The minimum atomic E-state index is -0.179. The van der Waals surface area contributed by atoms with E-state index in [9.17, 15) is 4.79 Å². The van der Waals surface area contributed by atoms with Crippen LogP contribution in [0.15, 0.2) is 67.1 Å². The average Bonchev–Trinajstić information content (AvgIpc) is 2.72. The lowest BCUT2D eigenvalue weighted by molar-refractivity contribution is 0.0950. The van der Waals surface area contributed by atoms with Crippen LogP contribution in [0.4, 0.5) is 5.82 Å². The molecule has 0 aliphatic carbocycles. The molecule has 0 spiro atoms. The van der Waals surface area contributed by atoms with Gasteiger partial charge in [0.1, 0.15) is 11.6 Å². The number of methoxy groups -OCH3 is 1. The first-order valence-electron chi connectivity index (χ1n) is 8.25. The molecule has 6 heteroatoms. The zero-order chi connectivity index (χ0) is 18.2. The average molecular weight is 348 g/mol. The number of hydrogen-bond acceptors (Lipinski definition) is 5. The third-order valence-electron chi connectivity index (χ3n) is 3.85. The molecule has 0 saturated heterocycles. The van der Waals surface area contributed by atoms with E-state index >= 15 is 0 Å². The van der Waals surface area contributed by atoms with Gasteiger partial charge in [-0.2, -0.15) is 0 Å². The Hall–Kier alpha value is -3.41. The van der Waals surface area contributed by atoms with Crippen LogP contribution in [0, 0.1) is 0 Å². The van der Waals surface area contributed by atoms with E-state index in [1.165, 1.54) is 0 Å². The van der Waals surface area contributed by atoms with Gasteiger partial charge in [-0.25, -0.2) is 4.98 Å². The Labute approximate surface area is 152 Å². The fourth-order valence-corrected chi connectivity index (χ4v) is 2.45. The van der Waals surface area contributed by atoms with Crippen molar-refractivity contribution in [3.8, 4) is 5.75 Å². The second kappa shape index (κ2) is 8.62. The molecule has 0 saturated carbocycles. The first-order chi connectivity index (χ1) is 12.8. The van der Waals surface area contributed by atoms with Gasteiger partial charge < -0.3 is 15.4 Å². The summed E-state index contributed by atoms with van der Waals surface area (Å²) in [7, 11) is 1.61. The fourth-order valence-electron chi connectivity index (χ4n) is 2.45. The molecule has 26 heavy (non-hydrogen) atoms. The van der Waals surface area contributed by atoms with Gasteiger partial charge in [0.25, 0.3) is 5.91 Å². The minimum Gasteiger partial charge on any atom is -0.496 e. The number of ether oxygens (including phenoxy) is 1. The maximum atomic E-state index is 12.3. The summed E-state index contributed by atoms with van der Waals surface area (Å²) >= 11 is 0. The molecule has 0 aliphatic heterocycles. The molecule has 132 valence electrons. The third-order valence-corrected chi connectivity index (χ3v) is 3.85. The summed E-state index contributed by atoms with van der Waals surface area (Å²) < 4.78 is 5.29. The smallest absolute Gasteiger partial charge is 0.253 e. The molecule has 0 bridgehead atoms. The minimum absolute atomic E-state index is 0.179. The highest BCUT2D eigenvalue weighted by atomic mass is 16.5. The van der Waals surface area contributed by atoms with Crippen molar-refractivity contribution in [2.75, 3.05) is 12.4 Å². The number of aromatic nitrogens is 2. The van der Waals surface area contributed by atoms with Gasteiger partial charge in [0, 0.05) is 37.2 Å². The standard InChI is InChI=1S/C20H20N4O2/c1-26-18-7-3-2-6-16(18)13-24-20(25)17-8-9-19(23-14-17)22-12-15-5-4-10-21-11-15/h2-11,14H,12-13H2,1H3,(H,22,23)(H,24,25). The number of carbonyl (C=O) groups is 1. The maximum absolute atomic E-state index is 12.3. The molecule has 3 rings (SSSR count). The number of nitrogens with one attached hydrogen (secondary N) is 2. The molecule has 3 aromatic rings. The number of hydrogen-bond donors (Lipinski definition) is 2. The van der Waals surface area contributed by atoms with E-state index in [1.54, 1.807) is 37.8 Å². The van der Waals surface area contributed by atoms with Crippen molar-refractivity contribution in [2.24, 2.45) is 0 Å². The second-order valence-corrected chi connectivity index (χ2v) is 5.64. The van der Waals surface area contributed by atoms with Gasteiger partial charge in [0.05, 0.1) is 12.7 Å². The summed E-state index contributed by atoms with van der Waals surface area (Å²) in [5.74, 6) is 1.28. The van der Waals surface area contributed by atoms with E-state index in [1.807, 2.05) is 36.4 Å². The van der Waals surface area contributed by atoms with Gasteiger partial charge in [0.2, 0.25) is 0 Å². The summed E-state index contributed by atoms with van der Waals surface area (Å²) in [4.78, 5) is 20.6. The van der Waals surface area contributed by atoms with E-state index in [4.69, 9.17) is 4.74 Å². The number of pyridine rings is 2. The molecule has 0 radical (unpaired) electrons. The molecule has 2 N–H and O–H groups in total. The van der Waals surface area contributed by atoms with Crippen LogP contribution in [0.2, 0.25) is 0 Å². The lowest BCUT2D eigenvalue weighted by Gasteiger charge is -2.10. The largest absolute Gasteiger partial charge is 0.496 e. The highest BCUT2D eigenvalue weighted by molar-refractivity contribution is 5.94. The summed E-state index contributed by atoms with van der Waals surface area (Å²) in [6.45, 7) is 1.02. The van der Waals surface area contributed by atoms with E-state index in [-0.39, 0.29) is 5.91 Å². The molecule has 6 nitrogen and oxygen atoms in total. The Balaban J connectivity index is 1.55. The van der Waals surface area contributed by atoms with Crippen molar-refractivity contribution in [1.82, 2.24) is 15.3 Å². The van der Waals surface area contributed by atoms with Crippen LogP contribution in [-0.2, 0) is 13.1 Å². The Morgan fingerprint density at radius 2 is 1.92 bits per heavy atom. The zero-order valence-electron chi connectivity index (χ0n) is 14.5. The molecule has 0 unspecified atom stereocenters. The zero-order valence-corrected chi connectivity index (χ0v) is 14.5. The topological polar surface area (TPSA) is 76.1 Å². The second-order valence-electron chi connectivity index (χ2n) is 5.64. The summed E-state index contributed by atoms with van der Waals surface area (Å²) in [6.07, 6.45) is 5.09. The summed E-state index contributed by atoms with van der Waals surface area (Å²) in [5, 5.41) is 6.08. The highest BCUT2D eigenvalue weighted by Crippen LogP contribution is 2.17. The van der Waals surface area contributed by atoms with Gasteiger partial charge in [0.15, 0.2) is 0 Å². The molecule has 1 amide bonds. The van der Waals surface area contributed by atoms with Crippen LogP contribution < -0.4 is 15.4 Å². The van der Waals surface area contributed by atoms with Crippen molar-refractivity contribution in [1.29, 1.82) is 0 Å². The molecule has 0 aliphatic rings. The van der Waals surface area contributed by atoms with Crippen LogP contribution in [0.25, 0.3) is 0 Å². The SMILES string of the molecule is COc1ccccc1CNC(=O)c1ccc(NCc2cccnc2)nc1. The van der Waals surface area contributed by atoms with Gasteiger partial charge in [-0.1, -0.05) is 24.3 Å². The van der Waals surface area contributed by atoms with E-state index in [0.717, 1.165) is 16.9 Å². The quantitative estimate of drug-likeness (QED) is 0.686. The van der Waals surface area contributed by atoms with Crippen molar-refractivity contribution in [3.63, 3.8) is 0 Å². The molecule has 2 aromatic heterocycles. The first-order valence-corrected chi connectivity index (χ1v) is 8.25. The normalized spacial score (nSPS) is 10.2. The Morgan fingerprint density at radius 1 is 1.04 bits per heavy atom. The number of carbonyl (C=O) groups excluding carboxylic acids is 1. The van der Waals surface area contributed by atoms with Gasteiger partial charge >= 0.3 is 0 Å². The third kappa shape index (κ3) is 4.57. The number of benzene rings is 1. The number of anilines is 1. The fraction of sp³-hybridized carbons (Fsp3) is 0.150. The lowest BCUT2D eigenvalue weighted by Crippen LogP contribution is -2.23. The van der Waals surface area contributed by atoms with E-state index in [2.05, 4.69) is 20.6 Å². The monoisotopic (exact) mass is 348 g/mol. The van der Waals surface area contributed by atoms with Crippen molar-refractivity contribution in [2.45, 2.75) is 13.1 Å². The van der Waals surface area contributed by atoms with Crippen molar-refractivity contribution >= 4 is 11.7 Å². The van der Waals surface area contributed by atoms with Crippen LogP contribution in [0.5, 0.6) is 5.75 Å². The molecule has 0 atom stereocenters. The Kier molecular flexibility index (Phi) is 5.77. The Morgan fingerprint density at radius 3 is 2.65 bits per heavy atom. The number of rotatable bonds is 7. The van der Waals surface area contributed by atoms with Crippen LogP contribution >= 0.6 is 0 Å². The highest BCUT2D eigenvalue weighted by Gasteiger charge is 2.08. The van der Waals surface area contributed by atoms with Gasteiger partial charge in [-0.3, -0.25) is 9.78 Å². The summed E-state index contributed by atoms with van der Waals surface area (Å²) in [6, 6.07) is 15.0. The van der Waals surface area contributed by atoms with Gasteiger partial charge in [-0.05, 0) is 29.8 Å². The first kappa shape index (κ1) is 17.4. The lowest BCUT2D eigenvalue weighted by atomic mass is 10.2. The van der Waals surface area contributed by atoms with Crippen molar-refractivity contribution in [3.05, 3.63) is 83.8 Å². The maximum Gasteiger partial charge on any atom is 0.253 e. The molecule has 2 heterocycles. The number of amides is 1. The molecule has 0 fully saturated rings. The predicted molar refractivity (Wildman–Crippen MR) is 100.0 cm³/mol. The van der Waals surface area contributed by atoms with Crippen molar-refractivity contribution < 1.29 is 9.53 Å². The molecular weight excluding hydrogens is 328 g/mol. The molecular formula is C20H20N4O2. The number of nitrogens with zero attached hydrogens (tertiary/aromatic N) is 2.